The largest absolute Gasteiger partial charge is 0.476 e. The molecule has 2 saturated heterocycles. The Labute approximate surface area is 189 Å². The fourth-order valence-electron chi connectivity index (χ4n) is 4.61. The van der Waals surface area contributed by atoms with Crippen LogP contribution in [-0.4, -0.2) is 61.8 Å². The summed E-state index contributed by atoms with van der Waals surface area (Å²) < 4.78 is 1.57. The van der Waals surface area contributed by atoms with Crippen LogP contribution in [0.3, 0.4) is 0 Å². The molecule has 1 aromatic carbocycles. The molecular weight excluding hydrogens is 434 g/mol. The van der Waals surface area contributed by atoms with Crippen LogP contribution in [0.25, 0.3) is 16.4 Å². The Hall–Kier alpha value is -2.68. The van der Waals surface area contributed by atoms with Gasteiger partial charge in [0, 0.05) is 56.1 Å². The summed E-state index contributed by atoms with van der Waals surface area (Å²) in [5.74, 6) is 0.842. The number of halogens is 1. The molecule has 7 nitrogen and oxygen atoms in total. The van der Waals surface area contributed by atoms with Gasteiger partial charge in [-0.25, -0.2) is 14.5 Å². The monoisotopic (exact) mass is 455 g/mol. The molecule has 4 heterocycles. The molecule has 31 heavy (non-hydrogen) atoms. The highest BCUT2D eigenvalue weighted by atomic mass is 35.5. The summed E-state index contributed by atoms with van der Waals surface area (Å²) in [7, 11) is 0. The van der Waals surface area contributed by atoms with Crippen LogP contribution in [0.5, 0.6) is 0 Å². The van der Waals surface area contributed by atoms with Crippen LogP contribution in [0, 0.1) is 11.8 Å². The van der Waals surface area contributed by atoms with Gasteiger partial charge in [0.1, 0.15) is 10.8 Å². The maximum atomic E-state index is 11.1. The number of rotatable bonds is 6. The topological polar surface area (TPSA) is 74.5 Å². The van der Waals surface area contributed by atoms with E-state index in [-0.39, 0.29) is 5.69 Å². The van der Waals surface area contributed by atoms with Gasteiger partial charge in [-0.3, -0.25) is 4.90 Å². The Morgan fingerprint density at radius 3 is 2.65 bits per heavy atom. The normalized spacial score (nSPS) is 20.9. The van der Waals surface area contributed by atoms with Crippen LogP contribution in [0.2, 0.25) is 5.02 Å². The second-order valence-corrected chi connectivity index (χ2v) is 9.44. The first kappa shape index (κ1) is 20.2. The van der Waals surface area contributed by atoms with E-state index in [1.165, 1.54) is 11.6 Å². The van der Waals surface area contributed by atoms with E-state index in [0.717, 1.165) is 54.1 Å². The number of carbonyl (C=O) groups is 1. The molecule has 2 atom stereocenters. The minimum absolute atomic E-state index is 0.0341. The molecule has 2 fully saturated rings. The molecule has 0 amide bonds. The first-order valence-corrected chi connectivity index (χ1v) is 11.4. The summed E-state index contributed by atoms with van der Waals surface area (Å²) >= 11 is 7.99. The molecule has 2 aliphatic rings. The molecule has 2 aliphatic heterocycles. The lowest BCUT2D eigenvalue weighted by atomic mass is 10.0. The van der Waals surface area contributed by atoms with Crippen molar-refractivity contribution >= 4 is 34.7 Å². The zero-order chi connectivity index (χ0) is 21.5. The molecule has 3 aromatic rings. The van der Waals surface area contributed by atoms with Gasteiger partial charge in [-0.2, -0.15) is 5.10 Å². The van der Waals surface area contributed by atoms with E-state index < -0.39 is 5.97 Å². The predicted molar refractivity (Wildman–Crippen MR) is 121 cm³/mol. The van der Waals surface area contributed by atoms with E-state index in [2.05, 4.69) is 38.6 Å². The molecule has 160 valence electrons. The Kier molecular flexibility index (Phi) is 5.29. The summed E-state index contributed by atoms with van der Waals surface area (Å²) in [6, 6.07) is 7.71. The summed E-state index contributed by atoms with van der Waals surface area (Å²) in [4.78, 5) is 20.2. The maximum Gasteiger partial charge on any atom is 0.356 e. The molecule has 1 N–H and O–H groups in total. The molecular formula is C22H22ClN5O2S. The van der Waals surface area contributed by atoms with Crippen molar-refractivity contribution in [3.05, 3.63) is 64.9 Å². The molecule has 9 heteroatoms. The molecule has 0 saturated carbocycles. The zero-order valence-corrected chi connectivity index (χ0v) is 18.4. The van der Waals surface area contributed by atoms with Gasteiger partial charge in [0.15, 0.2) is 5.69 Å². The van der Waals surface area contributed by atoms with Crippen molar-refractivity contribution in [3.63, 3.8) is 0 Å². The third-order valence-electron chi connectivity index (χ3n) is 6.10. The van der Waals surface area contributed by atoms with Gasteiger partial charge < -0.3 is 10.0 Å². The smallest absolute Gasteiger partial charge is 0.356 e. The van der Waals surface area contributed by atoms with Gasteiger partial charge in [-0.1, -0.05) is 24.2 Å². The van der Waals surface area contributed by atoms with Crippen molar-refractivity contribution in [3.8, 4) is 10.6 Å². The number of likely N-dealkylation sites (tertiary alicyclic amines) is 2. The molecule has 2 aromatic heterocycles. The van der Waals surface area contributed by atoms with E-state index in [9.17, 15) is 4.79 Å². The molecule has 0 radical (unpaired) electrons. The summed E-state index contributed by atoms with van der Waals surface area (Å²) in [5.41, 5.74) is 2.27. The van der Waals surface area contributed by atoms with Gasteiger partial charge in [0.2, 0.25) is 0 Å². The average molecular weight is 456 g/mol. The Bertz CT molecular complexity index is 1110. The van der Waals surface area contributed by atoms with Crippen molar-refractivity contribution in [2.24, 2.45) is 11.8 Å². The SMILES string of the molecule is C=C(N1CC2CN(Cc3ccc(Cl)c(-c4nccs4)c3)CC2C1)n1ccc(C(=O)O)n1. The molecule has 2 unspecified atom stereocenters. The quantitative estimate of drug-likeness (QED) is 0.608. The minimum Gasteiger partial charge on any atom is -0.476 e. The van der Waals surface area contributed by atoms with Gasteiger partial charge >= 0.3 is 5.97 Å². The molecule has 0 bridgehead atoms. The first-order chi connectivity index (χ1) is 15.0. The number of hydrogen-bond acceptors (Lipinski definition) is 6. The Balaban J connectivity index is 1.21. The predicted octanol–water partition coefficient (Wildman–Crippen LogP) is 3.85. The number of aromatic nitrogens is 3. The highest BCUT2D eigenvalue weighted by Gasteiger charge is 2.40. The van der Waals surface area contributed by atoms with Crippen LogP contribution in [0.4, 0.5) is 0 Å². The highest BCUT2D eigenvalue weighted by molar-refractivity contribution is 7.13. The number of carboxylic acids is 1. The van der Waals surface area contributed by atoms with Crippen LogP contribution in [0.1, 0.15) is 16.1 Å². The lowest BCUT2D eigenvalue weighted by Gasteiger charge is -2.24. The van der Waals surface area contributed by atoms with Crippen molar-refractivity contribution in [2.75, 3.05) is 26.2 Å². The molecule has 0 aliphatic carbocycles. The fraction of sp³-hybridized carbons (Fsp3) is 0.318. The molecule has 5 rings (SSSR count). The lowest BCUT2D eigenvalue weighted by molar-refractivity contribution is 0.0690. The van der Waals surface area contributed by atoms with E-state index >= 15 is 0 Å². The standard InChI is InChI=1S/C22H22ClN5O2S/c1-14(28-6-4-20(25-28)22(29)30)27-12-16-10-26(11-17(16)13-27)9-15-2-3-19(23)18(8-15)21-24-5-7-31-21/h2-8,16-17H,1,9-13H2,(H,29,30). The number of carboxylic acid groups (broad SMARTS) is 1. The fourth-order valence-corrected chi connectivity index (χ4v) is 5.54. The summed E-state index contributed by atoms with van der Waals surface area (Å²) in [6.45, 7) is 8.91. The zero-order valence-electron chi connectivity index (χ0n) is 16.8. The number of fused-ring (bicyclic) bond motifs is 1. The maximum absolute atomic E-state index is 11.1. The summed E-state index contributed by atoms with van der Waals surface area (Å²) in [6.07, 6.45) is 3.46. The van der Waals surface area contributed by atoms with Gasteiger partial charge in [-0.15, -0.1) is 11.3 Å². The number of thiazole rings is 1. The van der Waals surface area contributed by atoms with Crippen molar-refractivity contribution < 1.29 is 9.90 Å². The van der Waals surface area contributed by atoms with E-state index in [4.69, 9.17) is 16.7 Å². The number of aromatic carboxylic acids is 1. The Morgan fingerprint density at radius 1 is 1.23 bits per heavy atom. The van der Waals surface area contributed by atoms with Gasteiger partial charge in [0.05, 0.1) is 5.02 Å². The second-order valence-electron chi connectivity index (χ2n) is 8.14. The number of nitrogens with zero attached hydrogens (tertiary/aromatic N) is 5. The van der Waals surface area contributed by atoms with E-state index in [1.54, 1.807) is 28.4 Å². The van der Waals surface area contributed by atoms with Crippen molar-refractivity contribution in [1.29, 1.82) is 0 Å². The van der Waals surface area contributed by atoms with Gasteiger partial charge in [-0.05, 0) is 35.6 Å². The van der Waals surface area contributed by atoms with Crippen molar-refractivity contribution in [1.82, 2.24) is 24.6 Å². The number of hydrogen-bond donors (Lipinski definition) is 1. The number of benzene rings is 1. The third kappa shape index (κ3) is 3.98. The van der Waals surface area contributed by atoms with Gasteiger partial charge in [0.25, 0.3) is 0 Å². The van der Waals surface area contributed by atoms with Crippen LogP contribution in [0.15, 0.2) is 48.6 Å². The van der Waals surface area contributed by atoms with Crippen LogP contribution < -0.4 is 0 Å². The first-order valence-electron chi connectivity index (χ1n) is 10.1. The third-order valence-corrected chi connectivity index (χ3v) is 7.24. The van der Waals surface area contributed by atoms with E-state index in [0.29, 0.717) is 11.8 Å². The minimum atomic E-state index is -1.03. The average Bonchev–Trinajstić information content (AvgIpc) is 3.52. The molecule has 0 spiro atoms. The van der Waals surface area contributed by atoms with Crippen LogP contribution in [-0.2, 0) is 6.54 Å². The lowest BCUT2D eigenvalue weighted by Crippen LogP contribution is -2.29. The Morgan fingerprint density at radius 2 is 2.00 bits per heavy atom. The summed E-state index contributed by atoms with van der Waals surface area (Å²) in [5, 5.41) is 16.8. The second kappa shape index (κ2) is 8.11. The highest BCUT2D eigenvalue weighted by Crippen LogP contribution is 2.35. The van der Waals surface area contributed by atoms with E-state index in [1.807, 2.05) is 11.4 Å². The van der Waals surface area contributed by atoms with Crippen molar-refractivity contribution in [2.45, 2.75) is 6.54 Å². The van der Waals surface area contributed by atoms with Crippen LogP contribution >= 0.6 is 22.9 Å².